The molecule has 0 radical (unpaired) electrons. The highest BCUT2D eigenvalue weighted by atomic mass is 16.4. The van der Waals surface area contributed by atoms with Crippen LogP contribution in [0, 0.1) is 17.8 Å². The van der Waals surface area contributed by atoms with Gasteiger partial charge in [0.2, 0.25) is 5.91 Å². The Balaban J connectivity index is 1.75. The number of carboxylic acids is 1. The summed E-state index contributed by atoms with van der Waals surface area (Å²) in [6.07, 6.45) is 4.16. The van der Waals surface area contributed by atoms with Gasteiger partial charge in [0, 0.05) is 13.0 Å². The van der Waals surface area contributed by atoms with Gasteiger partial charge in [-0.05, 0) is 25.2 Å². The van der Waals surface area contributed by atoms with E-state index in [1.165, 1.54) is 6.33 Å². The standard InChI is InChI=1S/C13H20N4O3/c1-8-5-9(10(6-8)13(19)20)12(18)14-4-2-3-11-15-7-16-17-11/h7-10H,2-6H2,1H3,(H,14,18)(H,19,20)(H,15,16,17). The van der Waals surface area contributed by atoms with Crippen molar-refractivity contribution in [3.05, 3.63) is 12.2 Å². The molecule has 110 valence electrons. The number of hydrogen-bond donors (Lipinski definition) is 3. The first-order valence-electron chi connectivity index (χ1n) is 6.92. The molecule has 1 saturated carbocycles. The van der Waals surface area contributed by atoms with Crippen LogP contribution in [0.2, 0.25) is 0 Å². The molecule has 1 heterocycles. The number of H-pyrrole nitrogens is 1. The number of aliphatic carboxylic acids is 1. The molecule has 7 nitrogen and oxygen atoms in total. The number of carbonyl (C=O) groups excluding carboxylic acids is 1. The van der Waals surface area contributed by atoms with Crippen LogP contribution in [-0.2, 0) is 16.0 Å². The monoisotopic (exact) mass is 280 g/mol. The van der Waals surface area contributed by atoms with E-state index < -0.39 is 17.8 Å². The van der Waals surface area contributed by atoms with Crippen molar-refractivity contribution in [3.63, 3.8) is 0 Å². The summed E-state index contributed by atoms with van der Waals surface area (Å²) in [7, 11) is 0. The van der Waals surface area contributed by atoms with Crippen molar-refractivity contribution in [3.8, 4) is 0 Å². The van der Waals surface area contributed by atoms with E-state index in [4.69, 9.17) is 5.11 Å². The van der Waals surface area contributed by atoms with E-state index in [0.29, 0.717) is 31.7 Å². The highest BCUT2D eigenvalue weighted by Crippen LogP contribution is 2.36. The summed E-state index contributed by atoms with van der Waals surface area (Å²) >= 11 is 0. The predicted molar refractivity (Wildman–Crippen MR) is 70.7 cm³/mol. The Morgan fingerprint density at radius 1 is 1.45 bits per heavy atom. The Labute approximate surface area is 117 Å². The average molecular weight is 280 g/mol. The maximum Gasteiger partial charge on any atom is 0.307 e. The van der Waals surface area contributed by atoms with Gasteiger partial charge in [-0.3, -0.25) is 14.7 Å². The second kappa shape index (κ2) is 6.49. The van der Waals surface area contributed by atoms with E-state index in [2.05, 4.69) is 20.5 Å². The quantitative estimate of drug-likeness (QED) is 0.661. The molecule has 7 heteroatoms. The third kappa shape index (κ3) is 3.55. The molecule has 3 N–H and O–H groups in total. The number of aromatic amines is 1. The van der Waals surface area contributed by atoms with Gasteiger partial charge in [-0.25, -0.2) is 4.98 Å². The number of hydrogen-bond acceptors (Lipinski definition) is 4. The Kier molecular flexibility index (Phi) is 4.70. The fourth-order valence-corrected chi connectivity index (χ4v) is 2.80. The molecule has 0 bridgehead atoms. The largest absolute Gasteiger partial charge is 0.481 e. The zero-order chi connectivity index (χ0) is 14.5. The Morgan fingerprint density at radius 2 is 2.20 bits per heavy atom. The van der Waals surface area contributed by atoms with Crippen LogP contribution in [0.5, 0.6) is 0 Å². The molecule has 3 atom stereocenters. The van der Waals surface area contributed by atoms with E-state index in [1.54, 1.807) is 0 Å². The lowest BCUT2D eigenvalue weighted by Crippen LogP contribution is -2.35. The average Bonchev–Trinajstić information content (AvgIpc) is 3.03. The Morgan fingerprint density at radius 3 is 2.85 bits per heavy atom. The van der Waals surface area contributed by atoms with Gasteiger partial charge in [0.15, 0.2) is 0 Å². The van der Waals surface area contributed by atoms with Crippen LogP contribution in [0.4, 0.5) is 0 Å². The zero-order valence-electron chi connectivity index (χ0n) is 11.5. The Bertz CT molecular complexity index is 460. The molecule has 1 fully saturated rings. The van der Waals surface area contributed by atoms with Gasteiger partial charge in [-0.2, -0.15) is 5.10 Å². The van der Waals surface area contributed by atoms with Gasteiger partial charge in [-0.15, -0.1) is 0 Å². The van der Waals surface area contributed by atoms with Gasteiger partial charge in [0.25, 0.3) is 0 Å². The Hall–Kier alpha value is -1.92. The molecule has 1 amide bonds. The van der Waals surface area contributed by atoms with Gasteiger partial charge >= 0.3 is 5.97 Å². The number of aromatic nitrogens is 3. The zero-order valence-corrected chi connectivity index (χ0v) is 11.5. The topological polar surface area (TPSA) is 108 Å². The molecular formula is C13H20N4O3. The smallest absolute Gasteiger partial charge is 0.307 e. The van der Waals surface area contributed by atoms with Crippen molar-refractivity contribution in [1.29, 1.82) is 0 Å². The van der Waals surface area contributed by atoms with Crippen LogP contribution in [-0.4, -0.2) is 38.7 Å². The van der Waals surface area contributed by atoms with Gasteiger partial charge in [0.05, 0.1) is 11.8 Å². The van der Waals surface area contributed by atoms with E-state index in [1.807, 2.05) is 6.92 Å². The molecule has 20 heavy (non-hydrogen) atoms. The number of nitrogens with one attached hydrogen (secondary N) is 2. The van der Waals surface area contributed by atoms with Crippen molar-refractivity contribution in [1.82, 2.24) is 20.5 Å². The molecule has 0 aromatic carbocycles. The van der Waals surface area contributed by atoms with Gasteiger partial charge in [-0.1, -0.05) is 6.92 Å². The molecule has 0 spiro atoms. The predicted octanol–water partition coefficient (Wildman–Crippen LogP) is 0.600. The van der Waals surface area contributed by atoms with Crippen LogP contribution in [0.15, 0.2) is 6.33 Å². The summed E-state index contributed by atoms with van der Waals surface area (Å²) in [5.74, 6) is -0.860. The SMILES string of the molecule is CC1CC(C(=O)O)C(C(=O)NCCCc2ncn[nH]2)C1. The first-order valence-corrected chi connectivity index (χ1v) is 6.92. The van der Waals surface area contributed by atoms with Gasteiger partial charge in [0.1, 0.15) is 12.2 Å². The lowest BCUT2D eigenvalue weighted by atomic mass is 9.95. The minimum absolute atomic E-state index is 0.140. The number of nitrogens with zero attached hydrogens (tertiary/aromatic N) is 2. The maximum absolute atomic E-state index is 12.1. The molecule has 1 aromatic rings. The van der Waals surface area contributed by atoms with Crippen molar-refractivity contribution in [2.24, 2.45) is 17.8 Å². The second-order valence-corrected chi connectivity index (χ2v) is 5.45. The summed E-state index contributed by atoms with van der Waals surface area (Å²) < 4.78 is 0. The van der Waals surface area contributed by atoms with E-state index in [9.17, 15) is 9.59 Å². The van der Waals surface area contributed by atoms with E-state index >= 15 is 0 Å². The minimum atomic E-state index is -0.865. The highest BCUT2D eigenvalue weighted by Gasteiger charge is 2.40. The molecule has 3 unspecified atom stereocenters. The molecule has 1 aromatic heterocycles. The van der Waals surface area contributed by atoms with Crippen LogP contribution in [0.3, 0.4) is 0 Å². The minimum Gasteiger partial charge on any atom is -0.481 e. The molecular weight excluding hydrogens is 260 g/mol. The summed E-state index contributed by atoms with van der Waals surface area (Å²) in [5, 5.41) is 18.5. The van der Waals surface area contributed by atoms with E-state index in [-0.39, 0.29) is 5.91 Å². The summed E-state index contributed by atoms with van der Waals surface area (Å²) in [6, 6.07) is 0. The number of rotatable bonds is 6. The summed E-state index contributed by atoms with van der Waals surface area (Å²) in [6.45, 7) is 2.52. The molecule has 0 aliphatic heterocycles. The maximum atomic E-state index is 12.1. The van der Waals surface area contributed by atoms with Crippen LogP contribution in [0.25, 0.3) is 0 Å². The fourth-order valence-electron chi connectivity index (χ4n) is 2.80. The third-order valence-electron chi connectivity index (χ3n) is 3.81. The van der Waals surface area contributed by atoms with E-state index in [0.717, 1.165) is 12.2 Å². The summed E-state index contributed by atoms with van der Waals surface area (Å²) in [5.41, 5.74) is 0. The molecule has 1 aliphatic rings. The first kappa shape index (κ1) is 14.5. The van der Waals surface area contributed by atoms with Crippen molar-refractivity contribution < 1.29 is 14.7 Å². The van der Waals surface area contributed by atoms with Gasteiger partial charge < -0.3 is 10.4 Å². The van der Waals surface area contributed by atoms with Crippen molar-refractivity contribution in [2.75, 3.05) is 6.54 Å². The molecule has 1 aliphatic carbocycles. The lowest BCUT2D eigenvalue weighted by Gasteiger charge is -2.15. The molecule has 0 saturated heterocycles. The lowest BCUT2D eigenvalue weighted by molar-refractivity contribution is -0.146. The second-order valence-electron chi connectivity index (χ2n) is 5.45. The van der Waals surface area contributed by atoms with Crippen molar-refractivity contribution in [2.45, 2.75) is 32.6 Å². The third-order valence-corrected chi connectivity index (χ3v) is 3.81. The summed E-state index contributed by atoms with van der Waals surface area (Å²) in [4.78, 5) is 27.2. The number of aryl methyl sites for hydroxylation is 1. The van der Waals surface area contributed by atoms with Crippen LogP contribution < -0.4 is 5.32 Å². The number of carboxylic acid groups (broad SMARTS) is 1. The number of amides is 1. The first-order chi connectivity index (χ1) is 9.58. The highest BCUT2D eigenvalue weighted by molar-refractivity contribution is 5.85. The van der Waals surface area contributed by atoms with Crippen molar-refractivity contribution >= 4 is 11.9 Å². The van der Waals surface area contributed by atoms with Crippen LogP contribution in [0.1, 0.15) is 32.0 Å². The number of carbonyl (C=O) groups is 2. The fraction of sp³-hybridized carbons (Fsp3) is 0.692. The normalized spacial score (nSPS) is 25.6. The van der Waals surface area contributed by atoms with Crippen LogP contribution >= 0.6 is 0 Å². The molecule has 2 rings (SSSR count).